The number of thioether (sulfide) groups is 1. The molecule has 0 fully saturated rings. The topological polar surface area (TPSA) is 12.0 Å². The zero-order valence-electron chi connectivity index (χ0n) is 8.87. The van der Waals surface area contributed by atoms with Crippen molar-refractivity contribution in [3.05, 3.63) is 41.4 Å². The highest BCUT2D eigenvalue weighted by Crippen LogP contribution is 2.27. The minimum absolute atomic E-state index is 0.382. The van der Waals surface area contributed by atoms with Gasteiger partial charge in [-0.15, -0.1) is 18.3 Å². The minimum Gasteiger partial charge on any atom is -0.310 e. The number of likely N-dealkylation sites (N-methyl/N-ethyl adjacent to an activating group) is 1. The SMILES string of the molecule is C=CC(CSc1ccccc1Br)NCC. The molecule has 1 N–H and O–H groups in total. The highest BCUT2D eigenvalue weighted by molar-refractivity contribution is 9.10. The second kappa shape index (κ2) is 7.09. The maximum absolute atomic E-state index is 3.83. The molecule has 1 aromatic carbocycles. The second-order valence-corrected chi connectivity index (χ2v) is 5.06. The van der Waals surface area contributed by atoms with Gasteiger partial charge in [-0.3, -0.25) is 0 Å². The molecule has 0 aliphatic carbocycles. The van der Waals surface area contributed by atoms with Crippen LogP contribution >= 0.6 is 27.7 Å². The molecule has 1 unspecified atom stereocenters. The zero-order chi connectivity index (χ0) is 11.1. The Morgan fingerprint density at radius 3 is 2.87 bits per heavy atom. The average Bonchev–Trinajstić information content (AvgIpc) is 2.26. The number of hydrogen-bond donors (Lipinski definition) is 1. The van der Waals surface area contributed by atoms with E-state index in [0.717, 1.165) is 16.8 Å². The molecule has 0 aliphatic rings. The van der Waals surface area contributed by atoms with Crippen LogP contribution < -0.4 is 5.32 Å². The summed E-state index contributed by atoms with van der Waals surface area (Å²) in [5.74, 6) is 1.01. The van der Waals surface area contributed by atoms with Crippen molar-refractivity contribution < 1.29 is 0 Å². The van der Waals surface area contributed by atoms with Gasteiger partial charge in [-0.25, -0.2) is 0 Å². The molecule has 0 saturated carbocycles. The molecule has 0 amide bonds. The number of hydrogen-bond acceptors (Lipinski definition) is 2. The van der Waals surface area contributed by atoms with Gasteiger partial charge in [-0.05, 0) is 34.6 Å². The first kappa shape index (κ1) is 12.8. The molecule has 0 saturated heterocycles. The number of benzene rings is 1. The molecular weight excluding hydrogens is 270 g/mol. The van der Waals surface area contributed by atoms with Crippen molar-refractivity contribution in [3.8, 4) is 0 Å². The van der Waals surface area contributed by atoms with Gasteiger partial charge in [0, 0.05) is 21.2 Å². The summed E-state index contributed by atoms with van der Waals surface area (Å²) in [6, 6.07) is 8.67. The van der Waals surface area contributed by atoms with E-state index in [1.54, 1.807) is 0 Å². The molecule has 15 heavy (non-hydrogen) atoms. The summed E-state index contributed by atoms with van der Waals surface area (Å²) in [5, 5.41) is 3.37. The minimum atomic E-state index is 0.382. The quantitative estimate of drug-likeness (QED) is 0.632. The number of rotatable bonds is 6. The molecule has 82 valence electrons. The van der Waals surface area contributed by atoms with Gasteiger partial charge in [0.25, 0.3) is 0 Å². The number of nitrogens with one attached hydrogen (secondary N) is 1. The molecule has 1 nitrogen and oxygen atoms in total. The lowest BCUT2D eigenvalue weighted by atomic mass is 10.3. The van der Waals surface area contributed by atoms with Crippen molar-refractivity contribution in [1.82, 2.24) is 5.32 Å². The predicted molar refractivity (Wildman–Crippen MR) is 72.5 cm³/mol. The van der Waals surface area contributed by atoms with Crippen LogP contribution in [0.3, 0.4) is 0 Å². The Bertz CT molecular complexity index is 314. The first-order valence-corrected chi connectivity index (χ1v) is 6.79. The van der Waals surface area contributed by atoms with Crippen LogP contribution in [0, 0.1) is 0 Å². The van der Waals surface area contributed by atoms with E-state index in [9.17, 15) is 0 Å². The van der Waals surface area contributed by atoms with Crippen molar-refractivity contribution in [2.75, 3.05) is 12.3 Å². The fraction of sp³-hybridized carbons (Fsp3) is 0.333. The molecule has 1 aromatic rings. The largest absolute Gasteiger partial charge is 0.310 e. The monoisotopic (exact) mass is 285 g/mol. The molecule has 1 rings (SSSR count). The molecular formula is C12H16BrNS. The third kappa shape index (κ3) is 4.41. The Balaban J connectivity index is 2.48. The van der Waals surface area contributed by atoms with E-state index in [-0.39, 0.29) is 0 Å². The van der Waals surface area contributed by atoms with E-state index in [4.69, 9.17) is 0 Å². The third-order valence-corrected chi connectivity index (χ3v) is 4.15. The number of halogens is 1. The smallest absolute Gasteiger partial charge is 0.0341 e. The normalized spacial score (nSPS) is 12.4. The molecule has 0 heterocycles. The van der Waals surface area contributed by atoms with E-state index in [1.807, 2.05) is 23.9 Å². The predicted octanol–water partition coefficient (Wildman–Crippen LogP) is 3.71. The van der Waals surface area contributed by atoms with Gasteiger partial charge in [0.2, 0.25) is 0 Å². The van der Waals surface area contributed by atoms with Crippen LogP contribution in [-0.4, -0.2) is 18.3 Å². The summed E-state index contributed by atoms with van der Waals surface area (Å²) in [7, 11) is 0. The van der Waals surface area contributed by atoms with Gasteiger partial charge in [-0.1, -0.05) is 25.1 Å². The van der Waals surface area contributed by atoms with Gasteiger partial charge in [0.15, 0.2) is 0 Å². The lowest BCUT2D eigenvalue weighted by molar-refractivity contribution is 0.669. The van der Waals surface area contributed by atoms with Crippen molar-refractivity contribution in [2.24, 2.45) is 0 Å². The highest BCUT2D eigenvalue weighted by Gasteiger charge is 2.04. The molecule has 0 bridgehead atoms. The van der Waals surface area contributed by atoms with Crippen molar-refractivity contribution in [2.45, 2.75) is 17.9 Å². The standard InChI is InChI=1S/C12H16BrNS/c1-3-10(14-4-2)9-15-12-8-6-5-7-11(12)13/h3,5-8,10,14H,1,4,9H2,2H3. The van der Waals surface area contributed by atoms with Crippen molar-refractivity contribution in [1.29, 1.82) is 0 Å². The Kier molecular flexibility index (Phi) is 6.06. The third-order valence-electron chi connectivity index (χ3n) is 2.01. The lowest BCUT2D eigenvalue weighted by Gasteiger charge is -2.13. The van der Waals surface area contributed by atoms with Crippen LogP contribution in [0.5, 0.6) is 0 Å². The van der Waals surface area contributed by atoms with E-state index >= 15 is 0 Å². The Morgan fingerprint density at radius 2 is 2.27 bits per heavy atom. The summed E-state index contributed by atoms with van der Waals surface area (Å²) in [4.78, 5) is 1.28. The first-order chi connectivity index (χ1) is 7.27. The van der Waals surface area contributed by atoms with Gasteiger partial charge in [0.05, 0.1) is 0 Å². The molecule has 0 aliphatic heterocycles. The van der Waals surface area contributed by atoms with E-state index in [1.165, 1.54) is 4.90 Å². The highest BCUT2D eigenvalue weighted by atomic mass is 79.9. The van der Waals surface area contributed by atoms with Gasteiger partial charge in [-0.2, -0.15) is 0 Å². The van der Waals surface area contributed by atoms with Crippen molar-refractivity contribution >= 4 is 27.7 Å². The van der Waals surface area contributed by atoms with Crippen LogP contribution in [-0.2, 0) is 0 Å². The van der Waals surface area contributed by atoms with Gasteiger partial charge in [0.1, 0.15) is 0 Å². The average molecular weight is 286 g/mol. The maximum atomic E-state index is 3.83. The van der Waals surface area contributed by atoms with Crippen LogP contribution in [0.4, 0.5) is 0 Å². The van der Waals surface area contributed by atoms with Gasteiger partial charge >= 0.3 is 0 Å². The van der Waals surface area contributed by atoms with Crippen LogP contribution in [0.25, 0.3) is 0 Å². The molecule has 0 spiro atoms. The maximum Gasteiger partial charge on any atom is 0.0341 e. The first-order valence-electron chi connectivity index (χ1n) is 5.01. The summed E-state index contributed by atoms with van der Waals surface area (Å²) in [6.07, 6.45) is 1.97. The van der Waals surface area contributed by atoms with E-state index < -0.39 is 0 Å². The van der Waals surface area contributed by atoms with Crippen LogP contribution in [0.2, 0.25) is 0 Å². The van der Waals surface area contributed by atoms with Crippen molar-refractivity contribution in [3.63, 3.8) is 0 Å². The molecule has 0 radical (unpaired) electrons. The summed E-state index contributed by atoms with van der Waals surface area (Å²) in [5.41, 5.74) is 0. The summed E-state index contributed by atoms with van der Waals surface area (Å²) in [6.45, 7) is 6.92. The van der Waals surface area contributed by atoms with E-state index in [2.05, 4.69) is 52.9 Å². The molecule has 3 heteroatoms. The summed E-state index contributed by atoms with van der Waals surface area (Å²) < 4.78 is 1.16. The Hall–Kier alpha value is -0.250. The van der Waals surface area contributed by atoms with E-state index in [0.29, 0.717) is 6.04 Å². The van der Waals surface area contributed by atoms with Crippen LogP contribution in [0.1, 0.15) is 6.92 Å². The second-order valence-electron chi connectivity index (χ2n) is 3.14. The fourth-order valence-electron chi connectivity index (χ4n) is 1.21. The van der Waals surface area contributed by atoms with Crippen LogP contribution in [0.15, 0.2) is 46.3 Å². The zero-order valence-corrected chi connectivity index (χ0v) is 11.3. The van der Waals surface area contributed by atoms with Gasteiger partial charge < -0.3 is 5.32 Å². The molecule has 0 aromatic heterocycles. The lowest BCUT2D eigenvalue weighted by Crippen LogP contribution is -2.28. The fourth-order valence-corrected chi connectivity index (χ4v) is 2.84. The Labute approximate surface area is 104 Å². The Morgan fingerprint density at radius 1 is 1.53 bits per heavy atom. The summed E-state index contributed by atoms with van der Waals surface area (Å²) >= 11 is 5.38. The molecule has 1 atom stereocenters.